The lowest BCUT2D eigenvalue weighted by Gasteiger charge is -1.92. The number of benzene rings is 1. The molecule has 0 heterocycles. The van der Waals surface area contributed by atoms with Crippen molar-refractivity contribution in [3.63, 3.8) is 0 Å². The van der Waals surface area contributed by atoms with Crippen molar-refractivity contribution in [1.29, 1.82) is 0 Å². The van der Waals surface area contributed by atoms with Crippen LogP contribution < -0.4 is 0 Å². The first kappa shape index (κ1) is 9.91. The first-order valence-corrected chi connectivity index (χ1v) is 3.82. The third-order valence-corrected chi connectivity index (χ3v) is 1.52. The Balaban J connectivity index is 2.89. The Kier molecular flexibility index (Phi) is 3.37. The number of oxime groups is 1. The molecule has 1 aromatic rings. The van der Waals surface area contributed by atoms with Gasteiger partial charge in [0.05, 0.1) is 11.1 Å². The van der Waals surface area contributed by atoms with Gasteiger partial charge in [0.25, 0.3) is 5.69 Å². The molecule has 14 heavy (non-hydrogen) atoms. The lowest BCUT2D eigenvalue weighted by atomic mass is 10.2. The van der Waals surface area contributed by atoms with Gasteiger partial charge in [0.1, 0.15) is 0 Å². The summed E-state index contributed by atoms with van der Waals surface area (Å²) in [5.74, 6) is 0. The Bertz CT molecular complexity index is 385. The molecule has 0 atom stereocenters. The average molecular weight is 192 g/mol. The van der Waals surface area contributed by atoms with Gasteiger partial charge in [-0.15, -0.1) is 0 Å². The van der Waals surface area contributed by atoms with Crippen LogP contribution >= 0.6 is 0 Å². The molecule has 0 radical (unpaired) electrons. The molecule has 1 aromatic carbocycles. The molecular weight excluding hydrogens is 184 g/mol. The van der Waals surface area contributed by atoms with Crippen molar-refractivity contribution in [2.24, 2.45) is 5.16 Å². The van der Waals surface area contributed by atoms with Crippen LogP contribution in [0.5, 0.6) is 0 Å². The van der Waals surface area contributed by atoms with Crippen molar-refractivity contribution < 1.29 is 10.1 Å². The monoisotopic (exact) mass is 192 g/mol. The van der Waals surface area contributed by atoms with E-state index in [1.807, 2.05) is 0 Å². The minimum Gasteiger partial charge on any atom is -0.411 e. The van der Waals surface area contributed by atoms with E-state index in [1.165, 1.54) is 24.4 Å². The van der Waals surface area contributed by atoms with E-state index in [-0.39, 0.29) is 5.69 Å². The predicted octanol–water partition coefficient (Wildman–Crippen LogP) is 2.07. The summed E-state index contributed by atoms with van der Waals surface area (Å²) in [5, 5.41) is 21.3. The molecule has 0 fully saturated rings. The third kappa shape index (κ3) is 2.71. The van der Waals surface area contributed by atoms with Gasteiger partial charge in [-0.3, -0.25) is 10.1 Å². The lowest BCUT2D eigenvalue weighted by molar-refractivity contribution is -0.384. The van der Waals surface area contributed by atoms with Crippen LogP contribution in [0.3, 0.4) is 0 Å². The Morgan fingerprint density at radius 2 is 2.29 bits per heavy atom. The molecule has 0 aliphatic heterocycles. The number of nitro benzene ring substituents is 1. The van der Waals surface area contributed by atoms with E-state index in [9.17, 15) is 10.1 Å². The van der Waals surface area contributed by atoms with E-state index < -0.39 is 4.92 Å². The number of hydrogen-bond acceptors (Lipinski definition) is 4. The molecule has 1 rings (SSSR count). The summed E-state index contributed by atoms with van der Waals surface area (Å²) in [6, 6.07) is 6.15. The second-order valence-corrected chi connectivity index (χ2v) is 2.48. The maximum atomic E-state index is 10.4. The number of nitrogens with zero attached hydrogens (tertiary/aromatic N) is 2. The largest absolute Gasteiger partial charge is 0.411 e. The molecule has 5 heteroatoms. The van der Waals surface area contributed by atoms with Gasteiger partial charge >= 0.3 is 0 Å². The van der Waals surface area contributed by atoms with Crippen LogP contribution in [0, 0.1) is 10.1 Å². The molecule has 0 aliphatic carbocycles. The van der Waals surface area contributed by atoms with Gasteiger partial charge in [-0.2, -0.15) is 0 Å². The van der Waals surface area contributed by atoms with Gasteiger partial charge < -0.3 is 5.21 Å². The summed E-state index contributed by atoms with van der Waals surface area (Å²) in [6.07, 6.45) is 4.27. The number of rotatable bonds is 3. The Morgan fingerprint density at radius 3 is 2.93 bits per heavy atom. The van der Waals surface area contributed by atoms with E-state index in [1.54, 1.807) is 18.2 Å². The van der Waals surface area contributed by atoms with Crippen molar-refractivity contribution in [3.8, 4) is 0 Å². The number of allylic oxidation sites excluding steroid dienone is 1. The van der Waals surface area contributed by atoms with Crippen LogP contribution in [-0.2, 0) is 0 Å². The fraction of sp³-hybridized carbons (Fsp3) is 0. The fourth-order valence-corrected chi connectivity index (χ4v) is 0.935. The number of nitro groups is 1. The van der Waals surface area contributed by atoms with Crippen LogP contribution in [-0.4, -0.2) is 16.3 Å². The molecule has 0 unspecified atom stereocenters. The van der Waals surface area contributed by atoms with Gasteiger partial charge in [0.2, 0.25) is 0 Å². The summed E-state index contributed by atoms with van der Waals surface area (Å²) in [4.78, 5) is 9.94. The molecule has 1 N–H and O–H groups in total. The Morgan fingerprint density at radius 1 is 1.50 bits per heavy atom. The van der Waals surface area contributed by atoms with Gasteiger partial charge in [-0.1, -0.05) is 23.4 Å². The van der Waals surface area contributed by atoms with Crippen molar-refractivity contribution in [1.82, 2.24) is 0 Å². The molecule has 0 saturated heterocycles. The van der Waals surface area contributed by atoms with Crippen molar-refractivity contribution in [2.45, 2.75) is 0 Å². The van der Waals surface area contributed by atoms with E-state index in [2.05, 4.69) is 5.16 Å². The van der Waals surface area contributed by atoms with Crippen molar-refractivity contribution in [3.05, 3.63) is 46.0 Å². The van der Waals surface area contributed by atoms with Crippen molar-refractivity contribution >= 4 is 18.0 Å². The minimum absolute atomic E-state index is 0.0353. The smallest absolute Gasteiger partial charge is 0.270 e. The Labute approximate surface area is 80.1 Å². The average Bonchev–Trinajstić information content (AvgIpc) is 2.19. The molecule has 0 bridgehead atoms. The summed E-state index contributed by atoms with van der Waals surface area (Å²) in [5.41, 5.74) is 0.715. The minimum atomic E-state index is -0.461. The number of non-ortho nitro benzene ring substituents is 1. The highest BCUT2D eigenvalue weighted by Crippen LogP contribution is 2.13. The highest BCUT2D eigenvalue weighted by Gasteiger charge is 2.02. The molecule has 0 spiro atoms. The van der Waals surface area contributed by atoms with E-state index in [4.69, 9.17) is 5.21 Å². The molecule has 0 aromatic heterocycles. The standard InChI is InChI=1S/C9H8N2O3/c12-10-6-2-4-8-3-1-5-9(7-8)11(13)14/h1-7,12H. The van der Waals surface area contributed by atoms with Crippen molar-refractivity contribution in [2.75, 3.05) is 0 Å². The summed E-state index contributed by atoms with van der Waals surface area (Å²) >= 11 is 0. The van der Waals surface area contributed by atoms with Gasteiger partial charge in [0.15, 0.2) is 0 Å². The Hall–Kier alpha value is -2.17. The van der Waals surface area contributed by atoms with Crippen LogP contribution in [0.15, 0.2) is 35.5 Å². The molecular formula is C9H8N2O3. The SMILES string of the molecule is O=[N+]([O-])c1cccc(C=CC=NO)c1. The van der Waals surface area contributed by atoms with E-state index in [0.29, 0.717) is 5.56 Å². The second kappa shape index (κ2) is 4.76. The fourth-order valence-electron chi connectivity index (χ4n) is 0.935. The summed E-state index contributed by atoms with van der Waals surface area (Å²) in [7, 11) is 0. The highest BCUT2D eigenvalue weighted by molar-refractivity contribution is 5.77. The maximum absolute atomic E-state index is 10.4. The first-order valence-electron chi connectivity index (χ1n) is 3.82. The van der Waals surface area contributed by atoms with Gasteiger partial charge in [-0.25, -0.2) is 0 Å². The van der Waals surface area contributed by atoms with Gasteiger partial charge in [0, 0.05) is 12.1 Å². The lowest BCUT2D eigenvalue weighted by Crippen LogP contribution is -1.87. The molecule has 5 nitrogen and oxygen atoms in total. The maximum Gasteiger partial charge on any atom is 0.270 e. The predicted molar refractivity (Wildman–Crippen MR) is 52.4 cm³/mol. The van der Waals surface area contributed by atoms with Crippen LogP contribution in [0.2, 0.25) is 0 Å². The summed E-state index contributed by atoms with van der Waals surface area (Å²) < 4.78 is 0. The molecule has 0 saturated carbocycles. The normalized spacial score (nSPS) is 11.1. The number of hydrogen-bond donors (Lipinski definition) is 1. The van der Waals surface area contributed by atoms with E-state index in [0.717, 1.165) is 0 Å². The van der Waals surface area contributed by atoms with Crippen LogP contribution in [0.25, 0.3) is 6.08 Å². The second-order valence-electron chi connectivity index (χ2n) is 2.48. The zero-order valence-corrected chi connectivity index (χ0v) is 7.20. The highest BCUT2D eigenvalue weighted by atomic mass is 16.6. The van der Waals surface area contributed by atoms with Crippen LogP contribution in [0.4, 0.5) is 5.69 Å². The summed E-state index contributed by atoms with van der Waals surface area (Å²) in [6.45, 7) is 0. The zero-order valence-electron chi connectivity index (χ0n) is 7.20. The quantitative estimate of drug-likeness (QED) is 0.344. The molecule has 0 aliphatic rings. The molecule has 72 valence electrons. The molecule has 0 amide bonds. The van der Waals surface area contributed by atoms with E-state index >= 15 is 0 Å². The van der Waals surface area contributed by atoms with Crippen LogP contribution in [0.1, 0.15) is 5.56 Å². The first-order chi connectivity index (χ1) is 6.74. The third-order valence-electron chi connectivity index (χ3n) is 1.52. The zero-order chi connectivity index (χ0) is 10.4. The topological polar surface area (TPSA) is 75.7 Å². The van der Waals surface area contributed by atoms with Gasteiger partial charge in [-0.05, 0) is 11.6 Å².